The summed E-state index contributed by atoms with van der Waals surface area (Å²) in [5, 5.41) is 0. The van der Waals surface area contributed by atoms with Crippen molar-refractivity contribution in [3.05, 3.63) is 10.4 Å². The molecule has 7 heavy (non-hydrogen) atoms. The van der Waals surface area contributed by atoms with Crippen molar-refractivity contribution in [2.75, 3.05) is 0 Å². The van der Waals surface area contributed by atoms with Crippen LogP contribution in [0.25, 0.3) is 10.4 Å². The van der Waals surface area contributed by atoms with E-state index in [1.807, 2.05) is 0 Å². The number of rotatable bonds is 0. The largest absolute Gasteiger partial charge is 0.108 e. The quantitative estimate of drug-likeness (QED) is 0.274. The molecule has 0 aliphatic heterocycles. The molecule has 0 aromatic rings. The van der Waals surface area contributed by atoms with Gasteiger partial charge in [0, 0.05) is 0 Å². The molecule has 0 rings (SSSR count). The van der Waals surface area contributed by atoms with E-state index in [2.05, 4.69) is 14.8 Å². The van der Waals surface area contributed by atoms with Crippen molar-refractivity contribution < 1.29 is 0 Å². The molecule has 4 heteroatoms. The molecule has 3 nitrogen and oxygen atoms in total. The van der Waals surface area contributed by atoms with E-state index in [0.717, 1.165) is 0 Å². The van der Waals surface area contributed by atoms with Crippen LogP contribution in [0.5, 0.6) is 0 Å². The molecule has 0 aromatic heterocycles. The Morgan fingerprint density at radius 2 is 1.43 bits per heavy atom. The second kappa shape index (κ2) is 9.44. The van der Waals surface area contributed by atoms with Crippen molar-refractivity contribution in [3.63, 3.8) is 0 Å². The van der Waals surface area contributed by atoms with Gasteiger partial charge in [-0.25, -0.2) is 0 Å². The van der Waals surface area contributed by atoms with Crippen LogP contribution in [0.2, 0.25) is 14.8 Å². The van der Waals surface area contributed by atoms with Gasteiger partial charge >= 0.3 is 34.6 Å². The summed E-state index contributed by atoms with van der Waals surface area (Å²) in [5.41, 5.74) is 12.2. The Hall–Kier alpha value is 0.109. The molecule has 0 bridgehead atoms. The minimum atomic E-state index is -0.543. The molecular formula is C3H10N3Sn. The summed E-state index contributed by atoms with van der Waals surface area (Å²) < 4.78 is 0. The van der Waals surface area contributed by atoms with E-state index in [4.69, 9.17) is 11.1 Å². The van der Waals surface area contributed by atoms with Crippen LogP contribution in [0.3, 0.4) is 0 Å². The predicted octanol–water partition coefficient (Wildman–Crippen LogP) is 2.25. The molecule has 1 N–H and O–H groups in total. The van der Waals surface area contributed by atoms with Crippen LogP contribution >= 0.6 is 0 Å². The Kier molecular flexibility index (Phi) is 13.7. The fourth-order valence-corrected chi connectivity index (χ4v) is 0. The summed E-state index contributed by atoms with van der Waals surface area (Å²) in [6, 6.07) is 0. The third-order valence-corrected chi connectivity index (χ3v) is 0. The minimum Gasteiger partial charge on any atom is -0.108 e. The van der Waals surface area contributed by atoms with Gasteiger partial charge in [-0.1, -0.05) is 0 Å². The van der Waals surface area contributed by atoms with Crippen molar-refractivity contribution in [2.45, 2.75) is 14.8 Å². The topological polar surface area (TPSA) is 60.3 Å². The van der Waals surface area contributed by atoms with Crippen LogP contribution in [-0.2, 0) is 0 Å². The average Bonchev–Trinajstić information content (AvgIpc) is 1.33. The molecule has 41 valence electrons. The number of hydrogen-bond acceptors (Lipinski definition) is 1. The summed E-state index contributed by atoms with van der Waals surface area (Å²) in [6.07, 6.45) is 0. The SMILES string of the molecule is [CH3][Sn]([CH3])[CH3].[N-]=[N+]=N. The molecule has 0 spiro atoms. The first kappa shape index (κ1) is 10.2. The normalized spacial score (nSPS) is 6.29. The molecule has 0 saturated heterocycles. The van der Waals surface area contributed by atoms with Gasteiger partial charge in [-0.2, -0.15) is 0 Å². The van der Waals surface area contributed by atoms with Crippen LogP contribution < -0.4 is 0 Å². The molecule has 0 atom stereocenters. The molecule has 0 aliphatic rings. The molecular weight excluding hydrogens is 197 g/mol. The van der Waals surface area contributed by atoms with Gasteiger partial charge in [-0.15, -0.1) is 5.53 Å². The van der Waals surface area contributed by atoms with Crippen molar-refractivity contribution in [2.24, 2.45) is 0 Å². The molecule has 0 fully saturated rings. The van der Waals surface area contributed by atoms with Gasteiger partial charge in [-0.3, -0.25) is 0 Å². The van der Waals surface area contributed by atoms with Crippen LogP contribution in [0.4, 0.5) is 0 Å². The Morgan fingerprint density at radius 1 is 1.43 bits per heavy atom. The second-order valence-corrected chi connectivity index (χ2v) is 10.2. The molecule has 0 amide bonds. The Bertz CT molecular complexity index is 52.4. The summed E-state index contributed by atoms with van der Waals surface area (Å²) >= 11 is -0.543. The second-order valence-electron chi connectivity index (χ2n) is 1.60. The number of nitrogens with zero attached hydrogens (tertiary/aromatic N) is 2. The monoisotopic (exact) mass is 208 g/mol. The van der Waals surface area contributed by atoms with Gasteiger partial charge < -0.3 is 0 Å². The van der Waals surface area contributed by atoms with Crippen LogP contribution in [0.1, 0.15) is 0 Å². The summed E-state index contributed by atoms with van der Waals surface area (Å²) in [5.74, 6) is 0. The summed E-state index contributed by atoms with van der Waals surface area (Å²) in [6.45, 7) is 0. The van der Waals surface area contributed by atoms with E-state index < -0.39 is 19.8 Å². The van der Waals surface area contributed by atoms with Crippen molar-refractivity contribution >= 4 is 19.8 Å². The zero-order valence-electron chi connectivity index (χ0n) is 4.89. The molecule has 0 saturated carbocycles. The Labute approximate surface area is 50.9 Å². The summed E-state index contributed by atoms with van der Waals surface area (Å²) in [4.78, 5) is 8.84. The van der Waals surface area contributed by atoms with Gasteiger partial charge in [0.15, 0.2) is 0 Å². The van der Waals surface area contributed by atoms with Gasteiger partial charge in [0.1, 0.15) is 0 Å². The smallest absolute Gasteiger partial charge is 0.00208 e. The molecule has 0 aliphatic carbocycles. The molecule has 0 unspecified atom stereocenters. The molecule has 1 radical (unpaired) electrons. The van der Waals surface area contributed by atoms with E-state index in [1.54, 1.807) is 4.91 Å². The number of nitrogens with one attached hydrogen (secondary N) is 1. The maximum Gasteiger partial charge on any atom is -0.00208 e. The Morgan fingerprint density at radius 3 is 1.43 bits per heavy atom. The van der Waals surface area contributed by atoms with Crippen molar-refractivity contribution in [1.29, 1.82) is 5.53 Å². The first-order chi connectivity index (χ1) is 3.15. The maximum atomic E-state index is 6.86. The van der Waals surface area contributed by atoms with Gasteiger partial charge in [-0.05, 0) is 10.4 Å². The molecule has 0 heterocycles. The molecule has 0 aromatic carbocycles. The van der Waals surface area contributed by atoms with E-state index in [1.165, 1.54) is 0 Å². The first-order valence-corrected chi connectivity index (χ1v) is 10.5. The van der Waals surface area contributed by atoms with E-state index in [9.17, 15) is 0 Å². The van der Waals surface area contributed by atoms with Gasteiger partial charge in [0.25, 0.3) is 0 Å². The van der Waals surface area contributed by atoms with E-state index in [0.29, 0.717) is 0 Å². The van der Waals surface area contributed by atoms with Crippen molar-refractivity contribution in [1.82, 2.24) is 0 Å². The first-order valence-electron chi connectivity index (χ1n) is 1.92. The zero-order valence-corrected chi connectivity index (χ0v) is 7.75. The number of hydrogen-bond donors (Lipinski definition) is 1. The zero-order chi connectivity index (χ0) is 6.28. The summed E-state index contributed by atoms with van der Waals surface area (Å²) in [7, 11) is 0. The van der Waals surface area contributed by atoms with Crippen LogP contribution in [0.15, 0.2) is 0 Å². The van der Waals surface area contributed by atoms with Gasteiger partial charge in [0.05, 0.1) is 0 Å². The van der Waals surface area contributed by atoms with E-state index in [-0.39, 0.29) is 0 Å². The fourth-order valence-electron chi connectivity index (χ4n) is 0. The van der Waals surface area contributed by atoms with E-state index >= 15 is 0 Å². The standard InChI is InChI=1S/3CH3.HN3.Sn/c;;;1-3-2;/h3*1H3;1H;. The maximum absolute atomic E-state index is 6.86. The van der Waals surface area contributed by atoms with Crippen LogP contribution in [0, 0.1) is 5.53 Å². The third-order valence-electron chi connectivity index (χ3n) is 0. The van der Waals surface area contributed by atoms with Gasteiger partial charge in [0.2, 0.25) is 0 Å². The average molecular weight is 207 g/mol. The van der Waals surface area contributed by atoms with Crippen molar-refractivity contribution in [3.8, 4) is 0 Å². The predicted molar refractivity (Wildman–Crippen MR) is 32.8 cm³/mol. The minimum absolute atomic E-state index is 0.543. The third kappa shape index (κ3) is 8730. The Balaban J connectivity index is 0. The fraction of sp³-hybridized carbons (Fsp3) is 1.00. The van der Waals surface area contributed by atoms with Crippen LogP contribution in [-0.4, -0.2) is 19.8 Å².